The third-order valence-corrected chi connectivity index (χ3v) is 7.14. The molecule has 4 aromatic heterocycles. The van der Waals surface area contributed by atoms with Gasteiger partial charge >= 0.3 is 5.69 Å². The van der Waals surface area contributed by atoms with Crippen molar-refractivity contribution in [2.75, 3.05) is 0 Å². The largest absolute Gasteiger partial charge is 0.438 e. The van der Waals surface area contributed by atoms with Crippen LogP contribution in [0.5, 0.6) is 11.6 Å². The third kappa shape index (κ3) is 3.37. The molecule has 0 atom stereocenters. The van der Waals surface area contributed by atoms with E-state index in [4.69, 9.17) is 9.72 Å². The van der Waals surface area contributed by atoms with Crippen molar-refractivity contribution in [2.24, 2.45) is 0 Å². The van der Waals surface area contributed by atoms with Crippen LogP contribution in [-0.4, -0.2) is 19.5 Å². The molecule has 7 heteroatoms. The maximum atomic E-state index is 12.9. The Morgan fingerprint density at radius 1 is 0.861 bits per heavy atom. The van der Waals surface area contributed by atoms with E-state index in [1.54, 1.807) is 15.9 Å². The van der Waals surface area contributed by atoms with Gasteiger partial charge in [-0.1, -0.05) is 42.5 Å². The molecule has 6 nitrogen and oxygen atoms in total. The summed E-state index contributed by atoms with van der Waals surface area (Å²) in [5.41, 5.74) is 3.15. The quantitative estimate of drug-likeness (QED) is 0.293. The van der Waals surface area contributed by atoms with Crippen LogP contribution in [0.2, 0.25) is 0 Å². The van der Waals surface area contributed by atoms with Gasteiger partial charge in [0, 0.05) is 17.1 Å². The Hall–Kier alpha value is -4.75. The molecule has 7 aromatic rings. The predicted molar refractivity (Wildman–Crippen MR) is 144 cm³/mol. The molecule has 0 aliphatic rings. The van der Waals surface area contributed by atoms with Gasteiger partial charge < -0.3 is 9.72 Å². The molecule has 0 aliphatic carbocycles. The molecule has 3 aromatic carbocycles. The molecular formula is C29H18N4O2S. The number of para-hydroxylation sites is 2. The van der Waals surface area contributed by atoms with Crippen molar-refractivity contribution in [1.82, 2.24) is 19.5 Å². The van der Waals surface area contributed by atoms with Gasteiger partial charge in [0.25, 0.3) is 0 Å². The molecular weight excluding hydrogens is 468 g/mol. The summed E-state index contributed by atoms with van der Waals surface area (Å²) in [6.45, 7) is 0. The number of benzene rings is 3. The number of imidazole rings is 1. The second-order valence-corrected chi connectivity index (χ2v) is 9.33. The minimum absolute atomic E-state index is 0.248. The second kappa shape index (κ2) is 8.18. The fourth-order valence-electron chi connectivity index (χ4n) is 4.55. The molecule has 172 valence electrons. The van der Waals surface area contributed by atoms with Crippen LogP contribution in [0.4, 0.5) is 0 Å². The van der Waals surface area contributed by atoms with Gasteiger partial charge in [-0.3, -0.25) is 4.98 Å². The molecule has 0 radical (unpaired) electrons. The highest BCUT2D eigenvalue weighted by molar-refractivity contribution is 7.17. The first-order valence-electron chi connectivity index (χ1n) is 11.4. The lowest BCUT2D eigenvalue weighted by Crippen LogP contribution is -2.16. The van der Waals surface area contributed by atoms with Crippen molar-refractivity contribution in [1.29, 1.82) is 0 Å². The SMILES string of the molecule is O=c1[nH]c2ccccc2n1-c1cc2ccccc2c(Oc2cccc(-c3nccc4ccsc34)c2)n1. The number of hydrogen-bond acceptors (Lipinski definition) is 5. The maximum absolute atomic E-state index is 12.9. The highest BCUT2D eigenvalue weighted by Crippen LogP contribution is 2.35. The van der Waals surface area contributed by atoms with Crippen LogP contribution in [0.15, 0.2) is 107 Å². The van der Waals surface area contributed by atoms with Gasteiger partial charge in [0.05, 0.1) is 21.4 Å². The number of aromatic nitrogens is 4. The van der Waals surface area contributed by atoms with Crippen molar-refractivity contribution in [3.05, 3.63) is 113 Å². The zero-order chi connectivity index (χ0) is 24.1. The van der Waals surface area contributed by atoms with Crippen molar-refractivity contribution >= 4 is 43.2 Å². The number of hydrogen-bond donors (Lipinski definition) is 1. The number of H-pyrrole nitrogens is 1. The van der Waals surface area contributed by atoms with Crippen molar-refractivity contribution in [2.45, 2.75) is 0 Å². The average molecular weight is 487 g/mol. The molecule has 0 spiro atoms. The predicted octanol–water partition coefficient (Wildman–Crippen LogP) is 6.94. The zero-order valence-corrected chi connectivity index (χ0v) is 19.7. The van der Waals surface area contributed by atoms with Gasteiger partial charge in [0.2, 0.25) is 5.88 Å². The Morgan fingerprint density at radius 3 is 2.72 bits per heavy atom. The lowest BCUT2D eigenvalue weighted by molar-refractivity contribution is 0.468. The van der Waals surface area contributed by atoms with Crippen molar-refractivity contribution < 1.29 is 4.74 Å². The first kappa shape index (κ1) is 20.6. The average Bonchev–Trinajstić information content (AvgIpc) is 3.52. The molecule has 0 aliphatic heterocycles. The fourth-order valence-corrected chi connectivity index (χ4v) is 5.45. The number of nitrogens with zero attached hydrogens (tertiary/aromatic N) is 3. The molecule has 0 bridgehead atoms. The van der Waals surface area contributed by atoms with Crippen LogP contribution in [0, 0.1) is 0 Å². The zero-order valence-electron chi connectivity index (χ0n) is 18.9. The topological polar surface area (TPSA) is 72.8 Å². The normalized spacial score (nSPS) is 11.4. The van der Waals surface area contributed by atoms with Crippen molar-refractivity contribution in [3.63, 3.8) is 0 Å². The maximum Gasteiger partial charge on any atom is 0.332 e. The van der Waals surface area contributed by atoms with Gasteiger partial charge in [0.15, 0.2) is 0 Å². The molecule has 0 amide bonds. The summed E-state index contributed by atoms with van der Waals surface area (Å²) in [5.74, 6) is 1.57. The summed E-state index contributed by atoms with van der Waals surface area (Å²) in [7, 11) is 0. The van der Waals surface area contributed by atoms with E-state index >= 15 is 0 Å². The number of ether oxygens (including phenoxy) is 1. The standard InChI is InChI=1S/C29H18N4O2S/c34-29-31-23-10-3-4-11-24(23)33(29)25-17-19-6-1-2-9-22(19)28(32-25)35-21-8-5-7-20(16-21)26-27-18(12-14-30-26)13-15-36-27/h1-17H,(H,31,34). The highest BCUT2D eigenvalue weighted by Gasteiger charge is 2.15. The fraction of sp³-hybridized carbons (Fsp3) is 0. The van der Waals surface area contributed by atoms with Gasteiger partial charge in [-0.05, 0) is 64.7 Å². The van der Waals surface area contributed by atoms with E-state index in [2.05, 4.69) is 21.4 Å². The smallest absolute Gasteiger partial charge is 0.332 e. The molecule has 7 rings (SSSR count). The van der Waals surface area contributed by atoms with E-state index in [9.17, 15) is 4.79 Å². The Bertz CT molecular complexity index is 1970. The van der Waals surface area contributed by atoms with Crippen LogP contribution in [-0.2, 0) is 0 Å². The van der Waals surface area contributed by atoms with Crippen molar-refractivity contribution in [3.8, 4) is 28.7 Å². The molecule has 0 saturated carbocycles. The molecule has 36 heavy (non-hydrogen) atoms. The van der Waals surface area contributed by atoms with Crippen LogP contribution in [0.1, 0.15) is 0 Å². The van der Waals surface area contributed by atoms with Gasteiger partial charge in [-0.15, -0.1) is 11.3 Å². The summed E-state index contributed by atoms with van der Waals surface area (Å²) in [6, 6.07) is 29.3. The highest BCUT2D eigenvalue weighted by atomic mass is 32.1. The van der Waals surface area contributed by atoms with Crippen LogP contribution in [0.25, 0.3) is 49.0 Å². The first-order valence-corrected chi connectivity index (χ1v) is 12.3. The second-order valence-electron chi connectivity index (χ2n) is 8.42. The molecule has 0 saturated heterocycles. The van der Waals surface area contributed by atoms with E-state index in [0.717, 1.165) is 37.8 Å². The molecule has 4 heterocycles. The lowest BCUT2D eigenvalue weighted by atomic mass is 10.1. The monoisotopic (exact) mass is 486 g/mol. The van der Waals surface area contributed by atoms with Gasteiger partial charge in [-0.25, -0.2) is 9.36 Å². The van der Waals surface area contributed by atoms with E-state index in [1.165, 1.54) is 5.39 Å². The van der Waals surface area contributed by atoms with E-state index in [0.29, 0.717) is 17.4 Å². The lowest BCUT2D eigenvalue weighted by Gasteiger charge is -2.12. The Morgan fingerprint density at radius 2 is 1.75 bits per heavy atom. The Kier molecular flexibility index (Phi) is 4.68. The molecule has 0 unspecified atom stereocenters. The Balaban J connectivity index is 1.37. The molecule has 1 N–H and O–H groups in total. The number of nitrogens with one attached hydrogen (secondary N) is 1. The third-order valence-electron chi connectivity index (χ3n) is 6.20. The van der Waals surface area contributed by atoms with Crippen LogP contribution in [0.3, 0.4) is 0 Å². The number of rotatable bonds is 4. The molecule has 0 fully saturated rings. The summed E-state index contributed by atoms with van der Waals surface area (Å²) >= 11 is 1.67. The van der Waals surface area contributed by atoms with E-state index in [1.807, 2.05) is 91.1 Å². The Labute approximate surface area is 209 Å². The number of fused-ring (bicyclic) bond motifs is 3. The number of pyridine rings is 2. The summed E-state index contributed by atoms with van der Waals surface area (Å²) in [4.78, 5) is 25.2. The van der Waals surface area contributed by atoms with Gasteiger partial charge in [0.1, 0.15) is 11.6 Å². The van der Waals surface area contributed by atoms with Gasteiger partial charge in [-0.2, -0.15) is 4.98 Å². The van der Waals surface area contributed by atoms with Crippen LogP contribution < -0.4 is 10.4 Å². The summed E-state index contributed by atoms with van der Waals surface area (Å²) in [5, 5.41) is 5.03. The van der Waals surface area contributed by atoms with E-state index < -0.39 is 0 Å². The van der Waals surface area contributed by atoms with Crippen LogP contribution >= 0.6 is 11.3 Å². The summed E-state index contributed by atoms with van der Waals surface area (Å²) in [6.07, 6.45) is 1.83. The number of thiophene rings is 1. The number of aromatic amines is 1. The summed E-state index contributed by atoms with van der Waals surface area (Å²) < 4.78 is 9.09. The first-order chi connectivity index (χ1) is 17.7. The van der Waals surface area contributed by atoms with E-state index in [-0.39, 0.29) is 5.69 Å². The minimum atomic E-state index is -0.248. The minimum Gasteiger partial charge on any atom is -0.438 e.